The number of aliphatic imine (C=N–C) groups is 1. The van der Waals surface area contributed by atoms with Gasteiger partial charge in [0.05, 0.1) is 5.56 Å². The number of hydrogen-bond acceptors (Lipinski definition) is 4. The average Bonchev–Trinajstić information content (AvgIpc) is 2.89. The molecule has 116 valence electrons. The summed E-state index contributed by atoms with van der Waals surface area (Å²) in [4.78, 5) is 16.0. The summed E-state index contributed by atoms with van der Waals surface area (Å²) in [5.41, 5.74) is 1.07. The number of carbonyl (C=O) groups is 1. The molecule has 0 atom stereocenters. The number of para-hydroxylation sites is 1. The molecule has 0 unspecified atom stereocenters. The summed E-state index contributed by atoms with van der Waals surface area (Å²) >= 11 is 0. The maximum absolute atomic E-state index is 12.4. The molecule has 0 radical (unpaired) electrons. The van der Waals surface area contributed by atoms with Gasteiger partial charge in [0, 0.05) is 0 Å². The number of alkyl halides is 2. The second kappa shape index (κ2) is 6.39. The Morgan fingerprint density at radius 2 is 1.74 bits per heavy atom. The molecule has 3 rings (SSSR count). The van der Waals surface area contributed by atoms with E-state index in [0.717, 1.165) is 5.56 Å². The molecule has 0 saturated heterocycles. The molecule has 4 nitrogen and oxygen atoms in total. The van der Waals surface area contributed by atoms with E-state index < -0.39 is 12.6 Å². The van der Waals surface area contributed by atoms with E-state index in [1.807, 2.05) is 30.3 Å². The Balaban J connectivity index is 1.95. The van der Waals surface area contributed by atoms with Crippen LogP contribution in [0.3, 0.4) is 0 Å². The SMILES string of the molecule is O=C1OC(c2ccccc2OC(F)F)=N/C1=C\c1ccccc1. The molecule has 0 spiro atoms. The van der Waals surface area contributed by atoms with Crippen molar-refractivity contribution in [2.24, 2.45) is 4.99 Å². The van der Waals surface area contributed by atoms with Gasteiger partial charge in [-0.15, -0.1) is 0 Å². The summed E-state index contributed by atoms with van der Waals surface area (Å²) in [6.45, 7) is -2.98. The maximum atomic E-state index is 12.4. The number of halogens is 2. The molecule has 1 aliphatic heterocycles. The van der Waals surface area contributed by atoms with Gasteiger partial charge in [-0.1, -0.05) is 42.5 Å². The van der Waals surface area contributed by atoms with Crippen molar-refractivity contribution in [2.75, 3.05) is 0 Å². The van der Waals surface area contributed by atoms with Crippen molar-refractivity contribution in [3.8, 4) is 5.75 Å². The predicted octanol–water partition coefficient (Wildman–Crippen LogP) is 3.63. The second-order valence-electron chi connectivity index (χ2n) is 4.62. The molecule has 2 aromatic rings. The summed E-state index contributed by atoms with van der Waals surface area (Å²) in [6.07, 6.45) is 1.56. The summed E-state index contributed by atoms with van der Waals surface area (Å²) in [7, 11) is 0. The first-order valence-corrected chi connectivity index (χ1v) is 6.75. The molecule has 1 aliphatic rings. The zero-order valence-electron chi connectivity index (χ0n) is 11.8. The third-order valence-corrected chi connectivity index (χ3v) is 3.06. The predicted molar refractivity (Wildman–Crippen MR) is 80.1 cm³/mol. The van der Waals surface area contributed by atoms with Crippen LogP contribution in [0.4, 0.5) is 8.78 Å². The van der Waals surface area contributed by atoms with Gasteiger partial charge in [0.2, 0.25) is 5.90 Å². The second-order valence-corrected chi connectivity index (χ2v) is 4.62. The Bertz CT molecular complexity index is 785. The molecule has 1 heterocycles. The molecule has 0 saturated carbocycles. The number of benzene rings is 2. The fraction of sp³-hybridized carbons (Fsp3) is 0.0588. The van der Waals surface area contributed by atoms with E-state index in [1.54, 1.807) is 18.2 Å². The van der Waals surface area contributed by atoms with Gasteiger partial charge in [0.15, 0.2) is 5.70 Å². The van der Waals surface area contributed by atoms with Gasteiger partial charge in [-0.05, 0) is 23.8 Å². The number of esters is 1. The molecule has 0 amide bonds. The minimum absolute atomic E-state index is 0.0616. The largest absolute Gasteiger partial charge is 0.434 e. The highest BCUT2D eigenvalue weighted by Gasteiger charge is 2.26. The number of cyclic esters (lactones) is 1. The molecular formula is C17H11F2NO3. The van der Waals surface area contributed by atoms with Crippen molar-refractivity contribution in [1.82, 2.24) is 0 Å². The number of rotatable bonds is 4. The van der Waals surface area contributed by atoms with Crippen LogP contribution >= 0.6 is 0 Å². The lowest BCUT2D eigenvalue weighted by atomic mass is 10.2. The lowest BCUT2D eigenvalue weighted by Gasteiger charge is -2.08. The molecule has 0 aliphatic carbocycles. The lowest BCUT2D eigenvalue weighted by molar-refractivity contribution is -0.129. The van der Waals surface area contributed by atoms with Crippen molar-refractivity contribution in [2.45, 2.75) is 6.61 Å². The summed E-state index contributed by atoms with van der Waals surface area (Å²) in [6, 6.07) is 15.1. The molecular weight excluding hydrogens is 304 g/mol. The van der Waals surface area contributed by atoms with Gasteiger partial charge in [0.25, 0.3) is 0 Å². The van der Waals surface area contributed by atoms with E-state index >= 15 is 0 Å². The topological polar surface area (TPSA) is 47.9 Å². The van der Waals surface area contributed by atoms with E-state index in [-0.39, 0.29) is 22.9 Å². The van der Waals surface area contributed by atoms with Crippen LogP contribution < -0.4 is 4.74 Å². The third-order valence-electron chi connectivity index (χ3n) is 3.06. The fourth-order valence-electron chi connectivity index (χ4n) is 2.07. The van der Waals surface area contributed by atoms with E-state index in [9.17, 15) is 13.6 Å². The fourth-order valence-corrected chi connectivity index (χ4v) is 2.07. The number of hydrogen-bond donors (Lipinski definition) is 0. The van der Waals surface area contributed by atoms with E-state index in [2.05, 4.69) is 9.73 Å². The third kappa shape index (κ3) is 3.42. The molecule has 2 aromatic carbocycles. The minimum atomic E-state index is -2.98. The van der Waals surface area contributed by atoms with Crippen LogP contribution in [0.15, 0.2) is 65.3 Å². The first kappa shape index (κ1) is 14.9. The summed E-state index contributed by atoms with van der Waals surface area (Å²) in [5.74, 6) is -0.806. The van der Waals surface area contributed by atoms with Crippen LogP contribution in [0, 0.1) is 0 Å². The lowest BCUT2D eigenvalue weighted by Crippen LogP contribution is -2.10. The van der Waals surface area contributed by atoms with Crippen molar-refractivity contribution < 1.29 is 23.0 Å². The standard InChI is InChI=1S/C17H11F2NO3/c18-17(19)22-14-9-5-4-8-12(14)15-20-13(16(21)23-15)10-11-6-2-1-3-7-11/h1-10,17H/b13-10-. The van der Waals surface area contributed by atoms with Crippen molar-refractivity contribution >= 4 is 17.9 Å². The highest BCUT2D eigenvalue weighted by Crippen LogP contribution is 2.26. The molecule has 0 N–H and O–H groups in total. The van der Waals surface area contributed by atoms with Crippen LogP contribution in [0.25, 0.3) is 6.08 Å². The number of nitrogens with zero attached hydrogens (tertiary/aromatic N) is 1. The van der Waals surface area contributed by atoms with E-state index in [4.69, 9.17) is 4.74 Å². The first-order valence-electron chi connectivity index (χ1n) is 6.75. The van der Waals surface area contributed by atoms with Gasteiger partial charge in [-0.2, -0.15) is 8.78 Å². The first-order chi connectivity index (χ1) is 11.1. The number of carbonyl (C=O) groups excluding carboxylic acids is 1. The summed E-state index contributed by atoms with van der Waals surface area (Å²) in [5, 5.41) is 0. The van der Waals surface area contributed by atoms with Crippen LogP contribution in [0.1, 0.15) is 11.1 Å². The maximum Gasteiger partial charge on any atom is 0.387 e. The van der Waals surface area contributed by atoms with Crippen LogP contribution in [0.2, 0.25) is 0 Å². The van der Waals surface area contributed by atoms with Gasteiger partial charge in [0.1, 0.15) is 5.75 Å². The van der Waals surface area contributed by atoms with E-state index in [1.165, 1.54) is 12.1 Å². The summed E-state index contributed by atoms with van der Waals surface area (Å²) < 4.78 is 34.4. The smallest absolute Gasteiger partial charge is 0.387 e. The minimum Gasteiger partial charge on any atom is -0.434 e. The molecule has 23 heavy (non-hydrogen) atoms. The zero-order valence-corrected chi connectivity index (χ0v) is 11.8. The van der Waals surface area contributed by atoms with E-state index in [0.29, 0.717) is 0 Å². The molecule has 6 heteroatoms. The van der Waals surface area contributed by atoms with Crippen LogP contribution in [-0.4, -0.2) is 18.5 Å². The Morgan fingerprint density at radius 1 is 1.04 bits per heavy atom. The highest BCUT2D eigenvalue weighted by atomic mass is 19.3. The van der Waals surface area contributed by atoms with Crippen LogP contribution in [0.5, 0.6) is 5.75 Å². The van der Waals surface area contributed by atoms with Gasteiger partial charge in [-0.3, -0.25) is 0 Å². The normalized spacial score (nSPS) is 15.7. The van der Waals surface area contributed by atoms with Crippen molar-refractivity contribution in [1.29, 1.82) is 0 Å². The van der Waals surface area contributed by atoms with Crippen LogP contribution in [-0.2, 0) is 9.53 Å². The monoisotopic (exact) mass is 315 g/mol. The van der Waals surface area contributed by atoms with Crippen molar-refractivity contribution in [3.05, 3.63) is 71.4 Å². The van der Waals surface area contributed by atoms with Gasteiger partial charge in [-0.25, -0.2) is 9.79 Å². The Hall–Kier alpha value is -3.02. The molecule has 0 bridgehead atoms. The van der Waals surface area contributed by atoms with Crippen molar-refractivity contribution in [3.63, 3.8) is 0 Å². The quantitative estimate of drug-likeness (QED) is 0.639. The Morgan fingerprint density at radius 3 is 2.48 bits per heavy atom. The Kier molecular flexibility index (Phi) is 4.14. The average molecular weight is 315 g/mol. The molecule has 0 fully saturated rings. The van der Waals surface area contributed by atoms with Gasteiger partial charge >= 0.3 is 12.6 Å². The highest BCUT2D eigenvalue weighted by molar-refractivity contribution is 6.13. The Labute approximate surface area is 130 Å². The molecule has 0 aromatic heterocycles. The number of ether oxygens (including phenoxy) is 2. The zero-order chi connectivity index (χ0) is 16.2. The van der Waals surface area contributed by atoms with Gasteiger partial charge < -0.3 is 9.47 Å².